The number of benzene rings is 2. The van der Waals surface area contributed by atoms with E-state index in [-0.39, 0.29) is 18.4 Å². The van der Waals surface area contributed by atoms with Crippen molar-refractivity contribution >= 4 is 40.4 Å². The van der Waals surface area contributed by atoms with E-state index in [4.69, 9.17) is 16.3 Å². The number of hydrogen-bond donors (Lipinski definition) is 1. The Hall–Kier alpha value is -2.87. The number of piperazine rings is 1. The highest BCUT2D eigenvalue weighted by atomic mass is 35.5. The summed E-state index contributed by atoms with van der Waals surface area (Å²) in [4.78, 5) is 30.3. The summed E-state index contributed by atoms with van der Waals surface area (Å²) in [5.74, 6) is 0.541. The average Bonchev–Trinajstić information content (AvgIpc) is 3.33. The maximum absolute atomic E-state index is 13.0. The van der Waals surface area contributed by atoms with Gasteiger partial charge in [0.2, 0.25) is 5.91 Å². The molecule has 0 saturated carbocycles. The molecule has 0 spiro atoms. The summed E-state index contributed by atoms with van der Waals surface area (Å²) in [5, 5.41) is 5.36. The molecular formula is C24H24ClN3O3S. The molecule has 1 aliphatic rings. The highest BCUT2D eigenvalue weighted by Crippen LogP contribution is 2.21. The van der Waals surface area contributed by atoms with Crippen LogP contribution in [0.1, 0.15) is 15.2 Å². The first kappa shape index (κ1) is 22.3. The lowest BCUT2D eigenvalue weighted by Crippen LogP contribution is -2.50. The third-order valence-corrected chi connectivity index (χ3v) is 6.40. The first-order chi connectivity index (χ1) is 15.6. The molecule has 2 amide bonds. The summed E-state index contributed by atoms with van der Waals surface area (Å²) < 4.78 is 5.82. The van der Waals surface area contributed by atoms with Gasteiger partial charge in [0.15, 0.2) is 0 Å². The molecule has 1 N–H and O–H groups in total. The molecule has 4 rings (SSSR count). The van der Waals surface area contributed by atoms with Crippen molar-refractivity contribution in [2.75, 3.05) is 38.0 Å². The second-order valence-corrected chi connectivity index (χ2v) is 8.93. The van der Waals surface area contributed by atoms with Gasteiger partial charge < -0.3 is 15.0 Å². The molecule has 0 aliphatic carbocycles. The van der Waals surface area contributed by atoms with Crippen LogP contribution in [0.3, 0.4) is 0 Å². The lowest BCUT2D eigenvalue weighted by molar-refractivity contribution is -0.117. The van der Waals surface area contributed by atoms with Crippen LogP contribution >= 0.6 is 22.9 Å². The Bertz CT molecular complexity index is 1070. The Morgan fingerprint density at radius 1 is 1.00 bits per heavy atom. The molecule has 0 radical (unpaired) electrons. The van der Waals surface area contributed by atoms with E-state index in [0.29, 0.717) is 54.8 Å². The van der Waals surface area contributed by atoms with E-state index in [1.165, 1.54) is 0 Å². The van der Waals surface area contributed by atoms with Gasteiger partial charge in [0.25, 0.3) is 5.91 Å². The normalized spacial score (nSPS) is 14.2. The second kappa shape index (κ2) is 10.6. The summed E-state index contributed by atoms with van der Waals surface area (Å²) in [6.45, 7) is 3.16. The maximum atomic E-state index is 13.0. The zero-order valence-corrected chi connectivity index (χ0v) is 19.1. The van der Waals surface area contributed by atoms with Crippen molar-refractivity contribution in [2.45, 2.75) is 6.61 Å². The number of carbonyl (C=O) groups is 2. The van der Waals surface area contributed by atoms with Gasteiger partial charge in [-0.05, 0) is 41.8 Å². The molecule has 1 aromatic heterocycles. The fourth-order valence-corrected chi connectivity index (χ4v) is 4.31. The molecule has 0 unspecified atom stereocenters. The number of rotatable bonds is 7. The summed E-state index contributed by atoms with van der Waals surface area (Å²) in [5.41, 5.74) is 1.22. The zero-order chi connectivity index (χ0) is 22.3. The van der Waals surface area contributed by atoms with Crippen LogP contribution in [-0.2, 0) is 11.4 Å². The standard InChI is InChI=1S/C24H24ClN3O3S/c25-21-8-1-2-9-22(21)26-23(29)16-27-10-12-28(13-11-27)24(30)18-5-3-6-19(15-18)31-17-20-7-4-14-32-20/h1-9,14-15H,10-13,16-17H2,(H,26,29). The van der Waals surface area contributed by atoms with Crippen molar-refractivity contribution in [3.05, 3.63) is 81.5 Å². The van der Waals surface area contributed by atoms with Gasteiger partial charge in [-0.1, -0.05) is 35.9 Å². The number of anilines is 1. The Kier molecular flexibility index (Phi) is 7.42. The fourth-order valence-electron chi connectivity index (χ4n) is 3.52. The van der Waals surface area contributed by atoms with Crippen LogP contribution in [0, 0.1) is 0 Å². The molecule has 1 aliphatic heterocycles. The number of carbonyl (C=O) groups excluding carboxylic acids is 2. The molecule has 3 aromatic rings. The predicted octanol–water partition coefficient (Wildman–Crippen LogP) is 4.38. The molecule has 0 atom stereocenters. The van der Waals surface area contributed by atoms with E-state index in [0.717, 1.165) is 4.88 Å². The maximum Gasteiger partial charge on any atom is 0.254 e. The highest BCUT2D eigenvalue weighted by molar-refractivity contribution is 7.09. The van der Waals surface area contributed by atoms with Gasteiger partial charge in [-0.15, -0.1) is 11.3 Å². The van der Waals surface area contributed by atoms with Crippen molar-refractivity contribution in [3.63, 3.8) is 0 Å². The van der Waals surface area contributed by atoms with E-state index >= 15 is 0 Å². The van der Waals surface area contributed by atoms with Crippen molar-refractivity contribution in [3.8, 4) is 5.75 Å². The van der Waals surface area contributed by atoms with Gasteiger partial charge in [-0.3, -0.25) is 14.5 Å². The zero-order valence-electron chi connectivity index (χ0n) is 17.5. The highest BCUT2D eigenvalue weighted by Gasteiger charge is 2.23. The van der Waals surface area contributed by atoms with Crippen LogP contribution in [0.5, 0.6) is 5.75 Å². The molecule has 0 bridgehead atoms. The van der Waals surface area contributed by atoms with Gasteiger partial charge in [-0.2, -0.15) is 0 Å². The minimum Gasteiger partial charge on any atom is -0.488 e. The summed E-state index contributed by atoms with van der Waals surface area (Å²) in [6.07, 6.45) is 0. The fraction of sp³-hybridized carbons (Fsp3) is 0.250. The van der Waals surface area contributed by atoms with Gasteiger partial charge in [0, 0.05) is 36.6 Å². The third-order valence-electron chi connectivity index (χ3n) is 5.22. The number of ether oxygens (including phenoxy) is 1. The number of para-hydroxylation sites is 1. The van der Waals surface area contributed by atoms with E-state index < -0.39 is 0 Å². The number of thiophene rings is 1. The molecule has 1 saturated heterocycles. The van der Waals surface area contributed by atoms with Gasteiger partial charge in [0.05, 0.1) is 17.3 Å². The number of halogens is 1. The second-order valence-electron chi connectivity index (χ2n) is 7.49. The van der Waals surface area contributed by atoms with Crippen LogP contribution in [0.2, 0.25) is 5.02 Å². The lowest BCUT2D eigenvalue weighted by Gasteiger charge is -2.34. The first-order valence-electron chi connectivity index (χ1n) is 10.4. The number of nitrogens with one attached hydrogen (secondary N) is 1. The number of amides is 2. The molecule has 2 aromatic carbocycles. The third kappa shape index (κ3) is 5.88. The summed E-state index contributed by atoms with van der Waals surface area (Å²) in [6, 6.07) is 18.5. The Labute approximate surface area is 196 Å². The minimum atomic E-state index is -0.117. The molecule has 32 heavy (non-hydrogen) atoms. The Morgan fingerprint density at radius 3 is 2.56 bits per heavy atom. The van der Waals surface area contributed by atoms with Crippen molar-refractivity contribution in [2.24, 2.45) is 0 Å². The van der Waals surface area contributed by atoms with E-state index in [1.807, 2.05) is 57.6 Å². The quantitative estimate of drug-likeness (QED) is 0.558. The first-order valence-corrected chi connectivity index (χ1v) is 11.7. The van der Waals surface area contributed by atoms with Gasteiger partial charge in [-0.25, -0.2) is 0 Å². The van der Waals surface area contributed by atoms with E-state index in [1.54, 1.807) is 29.5 Å². The van der Waals surface area contributed by atoms with Crippen molar-refractivity contribution in [1.82, 2.24) is 9.80 Å². The largest absolute Gasteiger partial charge is 0.488 e. The molecule has 2 heterocycles. The smallest absolute Gasteiger partial charge is 0.254 e. The predicted molar refractivity (Wildman–Crippen MR) is 128 cm³/mol. The van der Waals surface area contributed by atoms with Gasteiger partial charge in [0.1, 0.15) is 12.4 Å². The molecule has 6 nitrogen and oxygen atoms in total. The topological polar surface area (TPSA) is 61.9 Å². The van der Waals surface area contributed by atoms with Crippen LogP contribution in [0.4, 0.5) is 5.69 Å². The Balaban J connectivity index is 1.26. The molecule has 166 valence electrons. The summed E-state index contributed by atoms with van der Waals surface area (Å²) in [7, 11) is 0. The summed E-state index contributed by atoms with van der Waals surface area (Å²) >= 11 is 7.74. The van der Waals surface area contributed by atoms with Gasteiger partial charge >= 0.3 is 0 Å². The van der Waals surface area contributed by atoms with E-state index in [2.05, 4.69) is 5.32 Å². The lowest BCUT2D eigenvalue weighted by atomic mass is 10.1. The average molecular weight is 470 g/mol. The van der Waals surface area contributed by atoms with Crippen molar-refractivity contribution < 1.29 is 14.3 Å². The van der Waals surface area contributed by atoms with Crippen LogP contribution < -0.4 is 10.1 Å². The Morgan fingerprint density at radius 2 is 1.81 bits per heavy atom. The van der Waals surface area contributed by atoms with Crippen LogP contribution in [0.25, 0.3) is 0 Å². The monoisotopic (exact) mass is 469 g/mol. The molecular weight excluding hydrogens is 446 g/mol. The number of hydrogen-bond acceptors (Lipinski definition) is 5. The SMILES string of the molecule is O=C(CN1CCN(C(=O)c2cccc(OCc3cccs3)c2)CC1)Nc1ccccc1Cl. The minimum absolute atomic E-state index is 0.0215. The molecule has 8 heteroatoms. The van der Waals surface area contributed by atoms with Crippen LogP contribution in [0.15, 0.2) is 66.0 Å². The number of nitrogens with zero attached hydrogens (tertiary/aromatic N) is 2. The van der Waals surface area contributed by atoms with E-state index in [9.17, 15) is 9.59 Å². The molecule has 1 fully saturated rings. The van der Waals surface area contributed by atoms with Crippen LogP contribution in [-0.4, -0.2) is 54.3 Å². The van der Waals surface area contributed by atoms with Crippen molar-refractivity contribution in [1.29, 1.82) is 0 Å².